The zero-order valence-electron chi connectivity index (χ0n) is 11.7. The maximum Gasteiger partial charge on any atom is 0.120 e. The van der Waals surface area contributed by atoms with Gasteiger partial charge >= 0.3 is 0 Å². The molecule has 1 fully saturated rings. The Hall–Kier alpha value is -0.410. The number of unbranched alkanes of at least 4 members (excludes halogenated alkanes) is 2. The second-order valence-electron chi connectivity index (χ2n) is 5.87. The quantitative estimate of drug-likeness (QED) is 0.546. The largest absolute Gasteiger partial charge is 0.311 e. The second-order valence-corrected chi connectivity index (χ2v) is 5.87. The van der Waals surface area contributed by atoms with E-state index in [9.17, 15) is 4.79 Å². The number of rotatable bonds is 7. The summed E-state index contributed by atoms with van der Waals surface area (Å²) in [5.74, 6) is 0. The predicted octanol–water partition coefficient (Wildman–Crippen LogP) is 2.07. The lowest BCUT2D eigenvalue weighted by Crippen LogP contribution is -2.56. The molecule has 1 heterocycles. The molecule has 0 radical (unpaired) electrons. The molecule has 1 aliphatic heterocycles. The highest BCUT2D eigenvalue weighted by Gasteiger charge is 2.32. The number of hydrogen-bond acceptors (Lipinski definition) is 3. The van der Waals surface area contributed by atoms with Crippen LogP contribution in [-0.4, -0.2) is 43.4 Å². The summed E-state index contributed by atoms with van der Waals surface area (Å²) in [7, 11) is 0. The Morgan fingerprint density at radius 2 is 2.18 bits per heavy atom. The van der Waals surface area contributed by atoms with E-state index in [1.165, 1.54) is 25.8 Å². The van der Waals surface area contributed by atoms with Crippen LogP contribution in [0.15, 0.2) is 0 Å². The fraction of sp³-hybridized carbons (Fsp3) is 0.929. The van der Waals surface area contributed by atoms with Crippen molar-refractivity contribution in [2.75, 3.05) is 26.2 Å². The van der Waals surface area contributed by atoms with Crippen LogP contribution in [0.1, 0.15) is 46.5 Å². The van der Waals surface area contributed by atoms with Gasteiger partial charge in [0.1, 0.15) is 6.29 Å². The van der Waals surface area contributed by atoms with Crippen LogP contribution < -0.4 is 5.32 Å². The van der Waals surface area contributed by atoms with Crippen molar-refractivity contribution in [2.45, 2.75) is 52.5 Å². The van der Waals surface area contributed by atoms with Gasteiger partial charge in [0.15, 0.2) is 0 Å². The third-order valence-electron chi connectivity index (χ3n) is 3.89. The first kappa shape index (κ1) is 14.7. The van der Waals surface area contributed by atoms with E-state index < -0.39 is 0 Å². The first-order chi connectivity index (χ1) is 8.10. The Bertz CT molecular complexity index is 228. The summed E-state index contributed by atoms with van der Waals surface area (Å²) >= 11 is 0. The molecule has 3 heteroatoms. The maximum atomic E-state index is 10.7. The number of nitrogens with one attached hydrogen (secondary N) is 1. The summed E-state index contributed by atoms with van der Waals surface area (Å²) in [6.07, 6.45) is 5.61. The molecular formula is C14H28N2O. The SMILES string of the molecule is CCCCCN1CCNC(C(C)(C)CC=O)C1. The molecule has 1 saturated heterocycles. The minimum Gasteiger partial charge on any atom is -0.311 e. The molecule has 0 spiro atoms. The fourth-order valence-corrected chi connectivity index (χ4v) is 2.48. The molecule has 0 amide bonds. The molecule has 17 heavy (non-hydrogen) atoms. The normalized spacial score (nSPS) is 22.6. The standard InChI is InChI=1S/C14H28N2O/c1-4-5-6-9-16-10-8-15-13(12-16)14(2,3)7-11-17/h11,13,15H,4-10,12H2,1-3H3. The zero-order valence-corrected chi connectivity index (χ0v) is 11.7. The first-order valence-electron chi connectivity index (χ1n) is 6.99. The number of piperazine rings is 1. The lowest BCUT2D eigenvalue weighted by molar-refractivity contribution is -0.110. The van der Waals surface area contributed by atoms with E-state index in [-0.39, 0.29) is 5.41 Å². The zero-order chi connectivity index (χ0) is 12.7. The highest BCUT2D eigenvalue weighted by molar-refractivity contribution is 5.50. The maximum absolute atomic E-state index is 10.7. The van der Waals surface area contributed by atoms with Gasteiger partial charge in [-0.3, -0.25) is 0 Å². The van der Waals surface area contributed by atoms with Crippen molar-refractivity contribution in [1.29, 1.82) is 0 Å². The van der Waals surface area contributed by atoms with E-state index in [2.05, 4.69) is 31.0 Å². The minimum absolute atomic E-state index is 0.0746. The second kappa shape index (κ2) is 7.12. The van der Waals surface area contributed by atoms with E-state index >= 15 is 0 Å². The van der Waals surface area contributed by atoms with Crippen LogP contribution in [0.25, 0.3) is 0 Å². The van der Waals surface area contributed by atoms with E-state index in [1.807, 2.05) is 0 Å². The van der Waals surface area contributed by atoms with E-state index in [0.717, 1.165) is 25.9 Å². The summed E-state index contributed by atoms with van der Waals surface area (Å²) in [5.41, 5.74) is 0.0746. The van der Waals surface area contributed by atoms with E-state index in [4.69, 9.17) is 0 Å². The Morgan fingerprint density at radius 3 is 2.82 bits per heavy atom. The van der Waals surface area contributed by atoms with Crippen molar-refractivity contribution in [3.8, 4) is 0 Å². The van der Waals surface area contributed by atoms with Crippen LogP contribution in [0, 0.1) is 5.41 Å². The molecule has 1 aliphatic rings. The molecule has 1 rings (SSSR count). The lowest BCUT2D eigenvalue weighted by Gasteiger charge is -2.41. The van der Waals surface area contributed by atoms with Gasteiger partial charge in [-0.25, -0.2) is 0 Å². The predicted molar refractivity (Wildman–Crippen MR) is 72.2 cm³/mol. The number of carbonyl (C=O) groups is 1. The molecule has 0 aromatic heterocycles. The molecule has 0 aliphatic carbocycles. The summed E-state index contributed by atoms with van der Waals surface area (Å²) in [6.45, 7) is 11.1. The minimum atomic E-state index is 0.0746. The van der Waals surface area contributed by atoms with Crippen LogP contribution >= 0.6 is 0 Å². The smallest absolute Gasteiger partial charge is 0.120 e. The van der Waals surface area contributed by atoms with Crippen LogP contribution in [0.3, 0.4) is 0 Å². The first-order valence-corrected chi connectivity index (χ1v) is 6.99. The summed E-state index contributed by atoms with van der Waals surface area (Å²) < 4.78 is 0. The van der Waals surface area contributed by atoms with Gasteiger partial charge in [0, 0.05) is 32.1 Å². The van der Waals surface area contributed by atoms with Crippen molar-refractivity contribution in [3.05, 3.63) is 0 Å². The van der Waals surface area contributed by atoms with Crippen molar-refractivity contribution in [2.24, 2.45) is 5.41 Å². The Labute approximate surface area is 106 Å². The molecule has 3 nitrogen and oxygen atoms in total. The monoisotopic (exact) mass is 240 g/mol. The van der Waals surface area contributed by atoms with Gasteiger partial charge in [0.05, 0.1) is 0 Å². The molecule has 0 aromatic carbocycles. The molecule has 100 valence electrons. The fourth-order valence-electron chi connectivity index (χ4n) is 2.48. The van der Waals surface area contributed by atoms with Gasteiger partial charge in [-0.15, -0.1) is 0 Å². The van der Waals surface area contributed by atoms with Crippen LogP contribution in [0.2, 0.25) is 0 Å². The van der Waals surface area contributed by atoms with Crippen molar-refractivity contribution in [1.82, 2.24) is 10.2 Å². The molecule has 1 unspecified atom stereocenters. The summed E-state index contributed by atoms with van der Waals surface area (Å²) in [4.78, 5) is 13.3. The van der Waals surface area contributed by atoms with E-state index in [0.29, 0.717) is 12.5 Å². The van der Waals surface area contributed by atoms with Crippen LogP contribution in [-0.2, 0) is 4.79 Å². The van der Waals surface area contributed by atoms with Gasteiger partial charge in [-0.2, -0.15) is 0 Å². The summed E-state index contributed by atoms with van der Waals surface area (Å²) in [6, 6.07) is 0.447. The molecular weight excluding hydrogens is 212 g/mol. The number of carbonyl (C=O) groups excluding carboxylic acids is 1. The average molecular weight is 240 g/mol. The van der Waals surface area contributed by atoms with Crippen LogP contribution in [0.5, 0.6) is 0 Å². The van der Waals surface area contributed by atoms with Gasteiger partial charge in [-0.1, -0.05) is 33.6 Å². The highest BCUT2D eigenvalue weighted by Crippen LogP contribution is 2.26. The third kappa shape index (κ3) is 4.76. The lowest BCUT2D eigenvalue weighted by atomic mass is 9.80. The number of nitrogens with zero attached hydrogens (tertiary/aromatic N) is 1. The average Bonchev–Trinajstić information content (AvgIpc) is 2.30. The van der Waals surface area contributed by atoms with Gasteiger partial charge in [-0.05, 0) is 18.4 Å². The molecule has 0 bridgehead atoms. The number of hydrogen-bond donors (Lipinski definition) is 1. The number of aldehydes is 1. The van der Waals surface area contributed by atoms with Gasteiger partial charge in [0.2, 0.25) is 0 Å². The Balaban J connectivity index is 2.40. The molecule has 0 saturated carbocycles. The van der Waals surface area contributed by atoms with Gasteiger partial charge < -0.3 is 15.0 Å². The van der Waals surface area contributed by atoms with Crippen molar-refractivity contribution >= 4 is 6.29 Å². The molecule has 0 aromatic rings. The molecule has 1 atom stereocenters. The Morgan fingerprint density at radius 1 is 1.41 bits per heavy atom. The van der Waals surface area contributed by atoms with Crippen LogP contribution in [0.4, 0.5) is 0 Å². The highest BCUT2D eigenvalue weighted by atomic mass is 16.1. The van der Waals surface area contributed by atoms with Crippen molar-refractivity contribution in [3.63, 3.8) is 0 Å². The summed E-state index contributed by atoms with van der Waals surface area (Å²) in [5, 5.41) is 3.56. The third-order valence-corrected chi connectivity index (χ3v) is 3.89. The molecule has 1 N–H and O–H groups in total. The van der Waals surface area contributed by atoms with Gasteiger partial charge in [0.25, 0.3) is 0 Å². The van der Waals surface area contributed by atoms with Crippen molar-refractivity contribution < 1.29 is 4.79 Å². The topological polar surface area (TPSA) is 32.3 Å². The van der Waals surface area contributed by atoms with E-state index in [1.54, 1.807) is 0 Å². The Kier molecular flexibility index (Phi) is 6.14.